The standard InChI is InChI=1S/C9H13N3O2S/c1-11-8(13)6-7(10-9(11)14)12-2-4-15-5-3-12/h6H,2-5H2,1H3,(H,10,14). The lowest BCUT2D eigenvalue weighted by molar-refractivity contribution is 0.751. The van der Waals surface area contributed by atoms with Crippen molar-refractivity contribution >= 4 is 17.6 Å². The van der Waals surface area contributed by atoms with E-state index in [1.165, 1.54) is 13.1 Å². The molecule has 0 aliphatic carbocycles. The number of nitrogens with one attached hydrogen (secondary N) is 1. The van der Waals surface area contributed by atoms with Gasteiger partial charge in [0.25, 0.3) is 5.56 Å². The molecular formula is C9H13N3O2S. The molecule has 0 aromatic carbocycles. The van der Waals surface area contributed by atoms with Crippen LogP contribution in [-0.2, 0) is 7.05 Å². The molecule has 1 aliphatic rings. The van der Waals surface area contributed by atoms with E-state index in [-0.39, 0.29) is 11.2 Å². The molecule has 15 heavy (non-hydrogen) atoms. The summed E-state index contributed by atoms with van der Waals surface area (Å²) in [5.74, 6) is 2.72. The third kappa shape index (κ3) is 2.09. The maximum Gasteiger partial charge on any atom is 0.329 e. The van der Waals surface area contributed by atoms with Crippen molar-refractivity contribution in [2.45, 2.75) is 0 Å². The van der Waals surface area contributed by atoms with E-state index in [1.54, 1.807) is 0 Å². The number of aromatic nitrogens is 2. The molecule has 0 saturated carbocycles. The van der Waals surface area contributed by atoms with Gasteiger partial charge in [-0.1, -0.05) is 0 Å². The average Bonchev–Trinajstić information content (AvgIpc) is 2.26. The number of rotatable bonds is 1. The highest BCUT2D eigenvalue weighted by Gasteiger charge is 2.13. The van der Waals surface area contributed by atoms with Gasteiger partial charge in [0.2, 0.25) is 0 Å². The average molecular weight is 227 g/mol. The SMILES string of the molecule is Cn1c(=O)cc(N2CCSCC2)[nH]c1=O. The van der Waals surface area contributed by atoms with Crippen molar-refractivity contribution < 1.29 is 0 Å². The molecule has 0 atom stereocenters. The first-order chi connectivity index (χ1) is 7.18. The van der Waals surface area contributed by atoms with Crippen LogP contribution in [-0.4, -0.2) is 34.1 Å². The molecule has 0 spiro atoms. The van der Waals surface area contributed by atoms with E-state index in [0.29, 0.717) is 5.82 Å². The molecule has 0 unspecified atom stereocenters. The summed E-state index contributed by atoms with van der Waals surface area (Å²) in [6.45, 7) is 1.77. The normalized spacial score (nSPS) is 16.7. The fourth-order valence-electron chi connectivity index (χ4n) is 1.52. The Hall–Kier alpha value is -1.17. The largest absolute Gasteiger partial charge is 0.356 e. The van der Waals surface area contributed by atoms with Crippen LogP contribution in [0.3, 0.4) is 0 Å². The van der Waals surface area contributed by atoms with Crippen molar-refractivity contribution in [1.29, 1.82) is 0 Å². The third-order valence-corrected chi connectivity index (χ3v) is 3.42. The first kappa shape index (κ1) is 10.4. The van der Waals surface area contributed by atoms with Gasteiger partial charge in [-0.15, -0.1) is 0 Å². The first-order valence-electron chi connectivity index (χ1n) is 4.81. The minimum Gasteiger partial charge on any atom is -0.356 e. The Bertz CT molecular complexity index is 428. The maximum atomic E-state index is 11.4. The minimum atomic E-state index is -0.351. The van der Waals surface area contributed by atoms with Crippen LogP contribution >= 0.6 is 11.8 Å². The second-order valence-corrected chi connectivity index (χ2v) is 4.68. The lowest BCUT2D eigenvalue weighted by Gasteiger charge is -2.27. The molecule has 2 rings (SSSR count). The summed E-state index contributed by atoms with van der Waals surface area (Å²) in [4.78, 5) is 27.5. The van der Waals surface area contributed by atoms with Crippen LogP contribution < -0.4 is 16.1 Å². The Morgan fingerprint density at radius 2 is 2.00 bits per heavy atom. The van der Waals surface area contributed by atoms with Crippen LogP contribution in [0.4, 0.5) is 5.82 Å². The molecule has 2 heterocycles. The predicted octanol–water partition coefficient (Wildman–Crippen LogP) is -0.373. The highest BCUT2D eigenvalue weighted by atomic mass is 32.2. The number of anilines is 1. The van der Waals surface area contributed by atoms with Gasteiger partial charge < -0.3 is 4.90 Å². The van der Waals surface area contributed by atoms with Gasteiger partial charge in [-0.2, -0.15) is 11.8 Å². The zero-order valence-electron chi connectivity index (χ0n) is 8.52. The minimum absolute atomic E-state index is 0.257. The number of nitrogens with zero attached hydrogens (tertiary/aromatic N) is 2. The molecule has 5 nitrogen and oxygen atoms in total. The highest BCUT2D eigenvalue weighted by Crippen LogP contribution is 2.14. The first-order valence-corrected chi connectivity index (χ1v) is 5.97. The molecule has 1 aromatic rings. The van der Waals surface area contributed by atoms with Crippen LogP contribution in [0.15, 0.2) is 15.7 Å². The van der Waals surface area contributed by atoms with E-state index in [4.69, 9.17) is 0 Å². The van der Waals surface area contributed by atoms with E-state index in [9.17, 15) is 9.59 Å². The Labute approximate surface area is 91.1 Å². The molecule has 0 amide bonds. The summed E-state index contributed by atoms with van der Waals surface area (Å²) in [7, 11) is 1.47. The molecule has 82 valence electrons. The van der Waals surface area contributed by atoms with Crippen molar-refractivity contribution in [1.82, 2.24) is 9.55 Å². The van der Waals surface area contributed by atoms with Crippen molar-refractivity contribution in [2.75, 3.05) is 29.5 Å². The van der Waals surface area contributed by atoms with Crippen LogP contribution in [0.5, 0.6) is 0 Å². The van der Waals surface area contributed by atoms with Gasteiger partial charge in [-0.05, 0) is 0 Å². The molecule has 1 fully saturated rings. The fourth-order valence-corrected chi connectivity index (χ4v) is 2.42. The zero-order valence-corrected chi connectivity index (χ0v) is 9.34. The van der Waals surface area contributed by atoms with Gasteiger partial charge in [0.05, 0.1) is 0 Å². The number of H-pyrrole nitrogens is 1. The number of thioether (sulfide) groups is 1. The Morgan fingerprint density at radius 1 is 1.33 bits per heavy atom. The van der Waals surface area contributed by atoms with E-state index in [0.717, 1.165) is 29.2 Å². The summed E-state index contributed by atoms with van der Waals surface area (Å²) in [5.41, 5.74) is -0.609. The second-order valence-electron chi connectivity index (χ2n) is 3.46. The van der Waals surface area contributed by atoms with E-state index < -0.39 is 0 Å². The van der Waals surface area contributed by atoms with Crippen molar-refractivity contribution in [3.05, 3.63) is 26.9 Å². The topological polar surface area (TPSA) is 58.1 Å². The van der Waals surface area contributed by atoms with Gasteiger partial charge in [0.1, 0.15) is 5.82 Å². The maximum absolute atomic E-state index is 11.4. The molecule has 1 N–H and O–H groups in total. The van der Waals surface area contributed by atoms with Crippen LogP contribution in [0.2, 0.25) is 0 Å². The third-order valence-electron chi connectivity index (χ3n) is 2.48. The number of hydrogen-bond acceptors (Lipinski definition) is 4. The predicted molar refractivity (Wildman–Crippen MR) is 61.8 cm³/mol. The quantitative estimate of drug-likeness (QED) is 0.711. The van der Waals surface area contributed by atoms with Gasteiger partial charge in [0, 0.05) is 37.7 Å². The van der Waals surface area contributed by atoms with Gasteiger partial charge in [-0.3, -0.25) is 14.3 Å². The molecule has 1 saturated heterocycles. The second kappa shape index (κ2) is 4.14. The summed E-state index contributed by atoms with van der Waals surface area (Å²) >= 11 is 1.89. The molecule has 1 aromatic heterocycles. The van der Waals surface area contributed by atoms with Crippen LogP contribution in [0.25, 0.3) is 0 Å². The Morgan fingerprint density at radius 3 is 2.60 bits per heavy atom. The zero-order chi connectivity index (χ0) is 10.8. The number of hydrogen-bond donors (Lipinski definition) is 1. The van der Waals surface area contributed by atoms with Crippen molar-refractivity contribution in [2.24, 2.45) is 7.05 Å². The molecule has 0 radical (unpaired) electrons. The summed E-state index contributed by atoms with van der Waals surface area (Å²) in [6, 6.07) is 1.48. The molecule has 0 bridgehead atoms. The summed E-state index contributed by atoms with van der Waals surface area (Å²) in [5, 5.41) is 0. The fraction of sp³-hybridized carbons (Fsp3) is 0.556. The van der Waals surface area contributed by atoms with Crippen molar-refractivity contribution in [3.8, 4) is 0 Å². The van der Waals surface area contributed by atoms with E-state index in [2.05, 4.69) is 4.98 Å². The lowest BCUT2D eigenvalue weighted by atomic mass is 10.4. The van der Waals surface area contributed by atoms with E-state index in [1.807, 2.05) is 16.7 Å². The van der Waals surface area contributed by atoms with E-state index >= 15 is 0 Å². The van der Waals surface area contributed by atoms with Gasteiger partial charge in [-0.25, -0.2) is 4.79 Å². The smallest absolute Gasteiger partial charge is 0.329 e. The van der Waals surface area contributed by atoms with Gasteiger partial charge >= 0.3 is 5.69 Å². The molecule has 6 heteroatoms. The lowest BCUT2D eigenvalue weighted by Crippen LogP contribution is -2.39. The van der Waals surface area contributed by atoms with Crippen LogP contribution in [0, 0.1) is 0 Å². The highest BCUT2D eigenvalue weighted by molar-refractivity contribution is 7.99. The van der Waals surface area contributed by atoms with Crippen molar-refractivity contribution in [3.63, 3.8) is 0 Å². The Balaban J connectivity index is 2.36. The van der Waals surface area contributed by atoms with Crippen LogP contribution in [0.1, 0.15) is 0 Å². The molecular weight excluding hydrogens is 214 g/mol. The summed E-state index contributed by atoms with van der Waals surface area (Å²) < 4.78 is 1.07. The Kier molecular flexibility index (Phi) is 2.86. The van der Waals surface area contributed by atoms with Gasteiger partial charge in [0.15, 0.2) is 0 Å². The molecule has 1 aliphatic heterocycles. The number of aromatic amines is 1. The summed E-state index contributed by atoms with van der Waals surface area (Å²) in [6.07, 6.45) is 0. The monoisotopic (exact) mass is 227 g/mol.